The van der Waals surface area contributed by atoms with Crippen LogP contribution < -0.4 is 19.1 Å². The van der Waals surface area contributed by atoms with Gasteiger partial charge < -0.3 is 19.7 Å². The zero-order valence-corrected chi connectivity index (χ0v) is 26.2. The molecule has 0 aliphatic carbocycles. The standard InChI is InChI=1S/C33H34ClN3O6S/c1-35-33(39)29(20-24-10-6-4-7-11-24)36(22-25-14-16-26(34)17-15-25)32(38)23-37(44(40,41)28-12-8-5-9-13-28)27-18-19-30(42-2)31(21-27)43-3/h4-19,21,29H,20,22-23H2,1-3H3,(H,35,39). The molecule has 0 bridgehead atoms. The third-order valence-corrected chi connectivity index (χ3v) is 9.09. The van der Waals surface area contributed by atoms with Crippen molar-refractivity contribution < 1.29 is 27.5 Å². The predicted octanol–water partition coefficient (Wildman–Crippen LogP) is 4.94. The van der Waals surface area contributed by atoms with E-state index >= 15 is 0 Å². The maximum absolute atomic E-state index is 14.4. The summed E-state index contributed by atoms with van der Waals surface area (Å²) in [6.07, 6.45) is 0.210. The van der Waals surface area contributed by atoms with E-state index in [1.807, 2.05) is 30.3 Å². The lowest BCUT2D eigenvalue weighted by atomic mass is 10.0. The monoisotopic (exact) mass is 635 g/mol. The zero-order chi connectivity index (χ0) is 31.7. The fourth-order valence-corrected chi connectivity index (χ4v) is 6.29. The van der Waals surface area contributed by atoms with E-state index in [9.17, 15) is 18.0 Å². The topological polar surface area (TPSA) is 105 Å². The first-order valence-corrected chi connectivity index (χ1v) is 15.6. The van der Waals surface area contributed by atoms with Crippen molar-refractivity contribution in [3.8, 4) is 11.5 Å². The Balaban J connectivity index is 1.81. The molecular weight excluding hydrogens is 602 g/mol. The number of likely N-dealkylation sites (N-methyl/N-ethyl adjacent to an activating group) is 1. The molecule has 44 heavy (non-hydrogen) atoms. The number of rotatable bonds is 13. The molecule has 4 rings (SSSR count). The van der Waals surface area contributed by atoms with Crippen LogP contribution in [0.5, 0.6) is 11.5 Å². The number of methoxy groups -OCH3 is 2. The molecule has 1 atom stereocenters. The highest BCUT2D eigenvalue weighted by Crippen LogP contribution is 2.34. The summed E-state index contributed by atoms with van der Waals surface area (Å²) < 4.78 is 40.0. The Kier molecular flexibility index (Phi) is 10.9. The minimum absolute atomic E-state index is 0.000951. The van der Waals surface area contributed by atoms with Crippen LogP contribution >= 0.6 is 11.6 Å². The molecule has 0 spiro atoms. The van der Waals surface area contributed by atoms with Gasteiger partial charge in [0.25, 0.3) is 10.0 Å². The molecule has 0 aromatic heterocycles. The summed E-state index contributed by atoms with van der Waals surface area (Å²) in [4.78, 5) is 29.1. The van der Waals surface area contributed by atoms with Gasteiger partial charge in [0, 0.05) is 31.1 Å². The molecule has 0 radical (unpaired) electrons. The van der Waals surface area contributed by atoms with Gasteiger partial charge in [-0.25, -0.2) is 8.42 Å². The Morgan fingerprint density at radius 3 is 2.02 bits per heavy atom. The minimum Gasteiger partial charge on any atom is -0.493 e. The molecule has 4 aromatic rings. The molecule has 0 fully saturated rings. The van der Waals surface area contributed by atoms with Crippen LogP contribution in [0.15, 0.2) is 108 Å². The highest BCUT2D eigenvalue weighted by Gasteiger charge is 2.34. The van der Waals surface area contributed by atoms with Crippen LogP contribution in [0.1, 0.15) is 11.1 Å². The second-order valence-corrected chi connectivity index (χ2v) is 12.1. The van der Waals surface area contributed by atoms with Crippen molar-refractivity contribution in [1.29, 1.82) is 0 Å². The number of hydrogen-bond acceptors (Lipinski definition) is 6. The number of anilines is 1. The lowest BCUT2D eigenvalue weighted by Gasteiger charge is -2.33. The average Bonchev–Trinajstić information content (AvgIpc) is 3.06. The van der Waals surface area contributed by atoms with Crippen LogP contribution in [0.2, 0.25) is 5.02 Å². The minimum atomic E-state index is -4.24. The number of hydrogen-bond donors (Lipinski definition) is 1. The third kappa shape index (κ3) is 7.69. The van der Waals surface area contributed by atoms with Crippen molar-refractivity contribution >= 4 is 39.1 Å². The number of nitrogens with one attached hydrogen (secondary N) is 1. The smallest absolute Gasteiger partial charge is 0.264 e. The van der Waals surface area contributed by atoms with E-state index in [0.717, 1.165) is 9.87 Å². The first kappa shape index (κ1) is 32.4. The Morgan fingerprint density at radius 1 is 0.818 bits per heavy atom. The first-order valence-electron chi connectivity index (χ1n) is 13.8. The second kappa shape index (κ2) is 14.8. The molecule has 0 aliphatic heterocycles. The maximum Gasteiger partial charge on any atom is 0.264 e. The summed E-state index contributed by atoms with van der Waals surface area (Å²) in [6.45, 7) is -0.561. The number of carbonyl (C=O) groups excluding carboxylic acids is 2. The normalized spacial score (nSPS) is 11.7. The van der Waals surface area contributed by atoms with E-state index in [4.69, 9.17) is 21.1 Å². The fourth-order valence-electron chi connectivity index (χ4n) is 4.74. The molecular formula is C33H34ClN3O6S. The average molecular weight is 636 g/mol. The predicted molar refractivity (Wildman–Crippen MR) is 171 cm³/mol. The van der Waals surface area contributed by atoms with Gasteiger partial charge in [-0.15, -0.1) is 0 Å². The number of carbonyl (C=O) groups is 2. The van der Waals surface area contributed by atoms with Gasteiger partial charge in [-0.2, -0.15) is 0 Å². The zero-order valence-electron chi connectivity index (χ0n) is 24.6. The Morgan fingerprint density at radius 2 is 1.43 bits per heavy atom. The van der Waals surface area contributed by atoms with Gasteiger partial charge in [0.2, 0.25) is 11.8 Å². The lowest BCUT2D eigenvalue weighted by molar-refractivity contribution is -0.139. The van der Waals surface area contributed by atoms with Crippen LogP contribution in [0, 0.1) is 0 Å². The third-order valence-electron chi connectivity index (χ3n) is 7.05. The lowest BCUT2D eigenvalue weighted by Crippen LogP contribution is -2.53. The molecule has 230 valence electrons. The van der Waals surface area contributed by atoms with Crippen molar-refractivity contribution in [1.82, 2.24) is 10.2 Å². The number of halogens is 1. The molecule has 4 aromatic carbocycles. The highest BCUT2D eigenvalue weighted by atomic mass is 35.5. The van der Waals surface area contributed by atoms with Gasteiger partial charge in [0.1, 0.15) is 12.6 Å². The van der Waals surface area contributed by atoms with Crippen LogP contribution in [0.25, 0.3) is 0 Å². The maximum atomic E-state index is 14.4. The first-order chi connectivity index (χ1) is 21.2. The van der Waals surface area contributed by atoms with Crippen molar-refractivity contribution in [2.45, 2.75) is 23.9 Å². The van der Waals surface area contributed by atoms with Crippen molar-refractivity contribution in [2.24, 2.45) is 0 Å². The van der Waals surface area contributed by atoms with E-state index in [-0.39, 0.29) is 35.2 Å². The van der Waals surface area contributed by atoms with Gasteiger partial charge in [-0.3, -0.25) is 13.9 Å². The largest absolute Gasteiger partial charge is 0.493 e. The Bertz CT molecular complexity index is 1670. The molecule has 2 amide bonds. The Hall–Kier alpha value is -4.54. The fraction of sp³-hybridized carbons (Fsp3) is 0.212. The van der Waals surface area contributed by atoms with Crippen LogP contribution in [-0.4, -0.2) is 59.0 Å². The van der Waals surface area contributed by atoms with Crippen molar-refractivity contribution in [3.05, 3.63) is 119 Å². The summed E-state index contributed by atoms with van der Waals surface area (Å²) in [5, 5.41) is 3.19. The van der Waals surface area contributed by atoms with E-state index in [1.165, 1.54) is 44.4 Å². The van der Waals surface area contributed by atoms with E-state index in [1.54, 1.807) is 54.6 Å². The second-order valence-electron chi connectivity index (χ2n) is 9.83. The summed E-state index contributed by atoms with van der Waals surface area (Å²) >= 11 is 6.11. The number of benzene rings is 4. The van der Waals surface area contributed by atoms with Gasteiger partial charge in [-0.1, -0.05) is 72.3 Å². The van der Waals surface area contributed by atoms with E-state index < -0.39 is 28.5 Å². The summed E-state index contributed by atoms with van der Waals surface area (Å²) in [5.74, 6) is -0.291. The SMILES string of the molecule is CNC(=O)C(Cc1ccccc1)N(Cc1ccc(Cl)cc1)C(=O)CN(c1ccc(OC)c(OC)c1)S(=O)(=O)c1ccccc1. The molecule has 9 nitrogen and oxygen atoms in total. The van der Waals surface area contributed by atoms with Crippen molar-refractivity contribution in [2.75, 3.05) is 32.1 Å². The van der Waals surface area contributed by atoms with E-state index in [2.05, 4.69) is 5.32 Å². The molecule has 0 aliphatic rings. The van der Waals surface area contributed by atoms with Gasteiger partial charge in [-0.05, 0) is 47.5 Å². The Labute approximate surface area is 263 Å². The summed E-state index contributed by atoms with van der Waals surface area (Å²) in [6, 6.07) is 27.7. The van der Waals surface area contributed by atoms with Gasteiger partial charge in [0.05, 0.1) is 24.8 Å². The van der Waals surface area contributed by atoms with E-state index in [0.29, 0.717) is 16.3 Å². The highest BCUT2D eigenvalue weighted by molar-refractivity contribution is 7.92. The molecule has 11 heteroatoms. The number of sulfonamides is 1. The van der Waals surface area contributed by atoms with Crippen LogP contribution in [0.4, 0.5) is 5.69 Å². The molecule has 0 saturated heterocycles. The quantitative estimate of drug-likeness (QED) is 0.223. The molecule has 1 unspecified atom stereocenters. The number of ether oxygens (including phenoxy) is 2. The summed E-state index contributed by atoms with van der Waals surface area (Å²) in [5.41, 5.74) is 1.74. The van der Waals surface area contributed by atoms with Crippen molar-refractivity contribution in [3.63, 3.8) is 0 Å². The molecule has 0 heterocycles. The molecule has 1 N–H and O–H groups in total. The molecule has 0 saturated carbocycles. The number of nitrogens with zero attached hydrogens (tertiary/aromatic N) is 2. The summed E-state index contributed by atoms with van der Waals surface area (Å²) in [7, 11) is 0.167. The van der Waals surface area contributed by atoms with Crippen LogP contribution in [-0.2, 0) is 32.6 Å². The number of amides is 2. The van der Waals surface area contributed by atoms with Gasteiger partial charge >= 0.3 is 0 Å². The van der Waals surface area contributed by atoms with Gasteiger partial charge in [0.15, 0.2) is 11.5 Å². The van der Waals surface area contributed by atoms with Crippen LogP contribution in [0.3, 0.4) is 0 Å².